The molecule has 0 spiro atoms. The first-order valence-electron chi connectivity index (χ1n) is 17.6. The van der Waals surface area contributed by atoms with Gasteiger partial charge in [0.1, 0.15) is 36.0 Å². The average Bonchev–Trinajstić information content (AvgIpc) is 3.03. The number of ether oxygens (including phenoxy) is 1. The zero-order chi connectivity index (χ0) is 36.7. The van der Waals surface area contributed by atoms with Crippen LogP contribution in [0.5, 0.6) is 5.75 Å². The summed E-state index contributed by atoms with van der Waals surface area (Å²) in [5.74, 6) is -4.24. The largest absolute Gasteiger partial charge is 0.508 e. The molecule has 0 unspecified atom stereocenters. The van der Waals surface area contributed by atoms with Crippen molar-refractivity contribution in [2.45, 2.75) is 130 Å². The first-order valence-corrected chi connectivity index (χ1v) is 17.6. The highest BCUT2D eigenvalue weighted by Gasteiger charge is 2.34. The minimum Gasteiger partial charge on any atom is -0.508 e. The van der Waals surface area contributed by atoms with Gasteiger partial charge >= 0.3 is 5.97 Å². The van der Waals surface area contributed by atoms with Crippen molar-refractivity contribution >= 4 is 35.5 Å². The van der Waals surface area contributed by atoms with Gasteiger partial charge in [0.15, 0.2) is 0 Å². The molecule has 13 nitrogen and oxygen atoms in total. The number of phenols is 1. The van der Waals surface area contributed by atoms with Gasteiger partial charge in [0.2, 0.25) is 29.5 Å². The number of carbonyl (C=O) groups is 6. The Morgan fingerprint density at radius 1 is 0.796 bits per heavy atom. The lowest BCUT2D eigenvalue weighted by Crippen LogP contribution is -2.58. The first kappa shape index (κ1) is 41.0. The molecule has 274 valence electrons. The molecule has 6 atom stereocenters. The molecule has 1 aromatic carbocycles. The number of nitrogens with one attached hydrogen (secondary N) is 5. The standard InChI is InChI=1S/C36H57N5O8/c1-8-9-10-11-12-23(6)29-19-30(43)37-20-31(44)41-32(22(4)5)35(47)39-27(17-21(2)3)34(46)38-24(7)33(45)40-28(36(48)49-29)18-25-13-15-26(42)16-14-25/h13-16,21-24,27-29,32,42H,8-12,17-20H2,1-7H3,(H,37,43)(H,38,46)(H,39,47)(H,40,45)(H,41,44)/t23-,24-,27+,28-,29-,32-/m0/s1. The molecule has 1 aromatic rings. The summed E-state index contributed by atoms with van der Waals surface area (Å²) in [6.07, 6.45) is 3.84. The van der Waals surface area contributed by atoms with Crippen LogP contribution in [-0.4, -0.2) is 77.4 Å². The number of carbonyl (C=O) groups excluding carboxylic acids is 6. The Balaban J connectivity index is 2.48. The molecule has 0 aliphatic carbocycles. The van der Waals surface area contributed by atoms with Gasteiger partial charge in [-0.2, -0.15) is 0 Å². The molecule has 2 rings (SSSR count). The minimum absolute atomic E-state index is 0.00413. The van der Waals surface area contributed by atoms with Crippen LogP contribution in [0.15, 0.2) is 24.3 Å². The van der Waals surface area contributed by atoms with Crippen molar-refractivity contribution in [2.24, 2.45) is 17.8 Å². The second-order valence-electron chi connectivity index (χ2n) is 13.9. The van der Waals surface area contributed by atoms with Gasteiger partial charge in [-0.05, 0) is 55.2 Å². The Bertz CT molecular complexity index is 1270. The molecule has 1 aliphatic heterocycles. The number of unbranched alkanes of at least 4 members (excludes halogenated alkanes) is 3. The topological polar surface area (TPSA) is 192 Å². The van der Waals surface area contributed by atoms with Gasteiger partial charge in [0.05, 0.1) is 13.0 Å². The van der Waals surface area contributed by atoms with Crippen molar-refractivity contribution in [3.8, 4) is 5.75 Å². The third-order valence-electron chi connectivity index (χ3n) is 8.58. The number of hydrogen-bond donors (Lipinski definition) is 6. The second kappa shape index (κ2) is 20.4. The van der Waals surface area contributed by atoms with Crippen molar-refractivity contribution in [3.63, 3.8) is 0 Å². The van der Waals surface area contributed by atoms with Crippen LogP contribution in [0.25, 0.3) is 0 Å². The maximum Gasteiger partial charge on any atom is 0.329 e. The van der Waals surface area contributed by atoms with Gasteiger partial charge in [0.25, 0.3) is 0 Å². The molecule has 1 saturated heterocycles. The lowest BCUT2D eigenvalue weighted by Gasteiger charge is -2.28. The molecular formula is C36H57N5O8. The fourth-order valence-corrected chi connectivity index (χ4v) is 5.56. The Morgan fingerprint density at radius 2 is 1.45 bits per heavy atom. The van der Waals surface area contributed by atoms with E-state index in [-0.39, 0.29) is 42.8 Å². The smallest absolute Gasteiger partial charge is 0.329 e. The number of cyclic esters (lactones) is 1. The molecule has 0 saturated carbocycles. The van der Waals surface area contributed by atoms with Crippen LogP contribution in [0, 0.1) is 17.8 Å². The lowest BCUT2D eigenvalue weighted by molar-refractivity contribution is -0.157. The number of benzene rings is 1. The second-order valence-corrected chi connectivity index (χ2v) is 13.9. The van der Waals surface area contributed by atoms with Crippen molar-refractivity contribution in [3.05, 3.63) is 29.8 Å². The van der Waals surface area contributed by atoms with Crippen LogP contribution >= 0.6 is 0 Å². The summed E-state index contributed by atoms with van der Waals surface area (Å²) in [5.41, 5.74) is 0.627. The van der Waals surface area contributed by atoms with Crippen molar-refractivity contribution in [1.29, 1.82) is 0 Å². The predicted octanol–water partition coefficient (Wildman–Crippen LogP) is 2.63. The van der Waals surface area contributed by atoms with Gasteiger partial charge < -0.3 is 36.4 Å². The number of phenolic OH excluding ortho intramolecular Hbond substituents is 1. The molecule has 1 fully saturated rings. The third-order valence-corrected chi connectivity index (χ3v) is 8.58. The first-order chi connectivity index (χ1) is 23.1. The van der Waals surface area contributed by atoms with E-state index in [1.807, 2.05) is 20.8 Å². The number of esters is 1. The van der Waals surface area contributed by atoms with Crippen LogP contribution in [0.2, 0.25) is 0 Å². The molecule has 5 amide bonds. The van der Waals surface area contributed by atoms with E-state index < -0.39 is 72.3 Å². The van der Waals surface area contributed by atoms with Crippen molar-refractivity contribution in [2.75, 3.05) is 6.54 Å². The fraction of sp³-hybridized carbons (Fsp3) is 0.667. The highest BCUT2D eigenvalue weighted by Crippen LogP contribution is 2.21. The predicted molar refractivity (Wildman–Crippen MR) is 185 cm³/mol. The van der Waals surface area contributed by atoms with Crippen molar-refractivity contribution in [1.82, 2.24) is 26.6 Å². The molecule has 0 bridgehead atoms. The van der Waals surface area contributed by atoms with Crippen LogP contribution in [0.4, 0.5) is 0 Å². The maximum absolute atomic E-state index is 13.8. The van der Waals surface area contributed by atoms with Gasteiger partial charge in [0, 0.05) is 6.42 Å². The summed E-state index contributed by atoms with van der Waals surface area (Å²) in [6, 6.07) is 1.85. The molecule has 0 aromatic heterocycles. The van der Waals surface area contributed by atoms with Crippen LogP contribution in [-0.2, 0) is 39.9 Å². The Kier molecular flexibility index (Phi) is 17.1. The Hall–Kier alpha value is -4.16. The van der Waals surface area contributed by atoms with Gasteiger partial charge in [-0.1, -0.05) is 79.4 Å². The maximum atomic E-state index is 13.8. The number of amides is 5. The van der Waals surface area contributed by atoms with E-state index >= 15 is 0 Å². The number of hydrogen-bond acceptors (Lipinski definition) is 8. The third kappa shape index (κ3) is 14.5. The summed E-state index contributed by atoms with van der Waals surface area (Å²) in [5, 5.41) is 23.1. The van der Waals surface area contributed by atoms with E-state index in [2.05, 4.69) is 33.5 Å². The summed E-state index contributed by atoms with van der Waals surface area (Å²) in [6.45, 7) is 12.3. The zero-order valence-electron chi connectivity index (χ0n) is 30.1. The minimum atomic E-state index is -1.19. The summed E-state index contributed by atoms with van der Waals surface area (Å²) >= 11 is 0. The highest BCUT2D eigenvalue weighted by molar-refractivity contribution is 5.95. The van der Waals surface area contributed by atoms with E-state index in [9.17, 15) is 33.9 Å². The highest BCUT2D eigenvalue weighted by atomic mass is 16.5. The normalized spacial score (nSPS) is 24.4. The average molecular weight is 688 g/mol. The number of rotatable bonds is 11. The van der Waals surface area contributed by atoms with Crippen molar-refractivity contribution < 1.29 is 38.6 Å². The van der Waals surface area contributed by atoms with Gasteiger partial charge in [-0.15, -0.1) is 0 Å². The monoisotopic (exact) mass is 687 g/mol. The summed E-state index contributed by atoms with van der Waals surface area (Å²) in [7, 11) is 0. The molecule has 1 aliphatic rings. The fourth-order valence-electron chi connectivity index (χ4n) is 5.56. The van der Waals surface area contributed by atoms with Crippen LogP contribution in [0.1, 0.15) is 99.0 Å². The van der Waals surface area contributed by atoms with E-state index in [4.69, 9.17) is 4.74 Å². The quantitative estimate of drug-likeness (QED) is 0.151. The van der Waals surface area contributed by atoms with Gasteiger partial charge in [-0.25, -0.2) is 4.79 Å². The van der Waals surface area contributed by atoms with E-state index in [1.54, 1.807) is 26.0 Å². The Labute approximate surface area is 290 Å². The molecule has 0 radical (unpaired) electrons. The Morgan fingerprint density at radius 3 is 2.06 bits per heavy atom. The zero-order valence-corrected chi connectivity index (χ0v) is 30.1. The van der Waals surface area contributed by atoms with Crippen LogP contribution < -0.4 is 26.6 Å². The summed E-state index contributed by atoms with van der Waals surface area (Å²) < 4.78 is 5.96. The molecule has 1 heterocycles. The summed E-state index contributed by atoms with van der Waals surface area (Å²) in [4.78, 5) is 80.1. The molecular weight excluding hydrogens is 630 g/mol. The van der Waals surface area contributed by atoms with E-state index in [0.717, 1.165) is 25.7 Å². The SMILES string of the molecule is CCCCCC[C@H](C)[C@@H]1CC(=O)NCC(=O)N[C@@H](C(C)C)C(=O)N[C@H](CC(C)C)C(=O)N[C@@H](C)C(=O)N[C@@H](Cc2ccc(O)cc2)C(=O)O1. The van der Waals surface area contributed by atoms with E-state index in [0.29, 0.717) is 12.0 Å². The van der Waals surface area contributed by atoms with Gasteiger partial charge in [-0.3, -0.25) is 24.0 Å². The van der Waals surface area contributed by atoms with E-state index in [1.165, 1.54) is 19.1 Å². The molecule has 13 heteroatoms. The molecule has 49 heavy (non-hydrogen) atoms. The number of aromatic hydroxyl groups is 1. The molecule has 6 N–H and O–H groups in total. The van der Waals surface area contributed by atoms with Crippen LogP contribution in [0.3, 0.4) is 0 Å². The lowest BCUT2D eigenvalue weighted by atomic mass is 9.94.